The third kappa shape index (κ3) is 2.82. The Morgan fingerprint density at radius 1 is 1.09 bits per heavy atom. The first-order valence-corrected chi connectivity index (χ1v) is 9.00. The quantitative estimate of drug-likeness (QED) is 0.656. The van der Waals surface area contributed by atoms with Crippen molar-refractivity contribution in [3.8, 4) is 0 Å². The fourth-order valence-electron chi connectivity index (χ4n) is 2.71. The van der Waals surface area contributed by atoms with E-state index in [9.17, 15) is 8.42 Å². The Hall–Kier alpha value is -2.33. The zero-order chi connectivity index (χ0) is 16.4. The van der Waals surface area contributed by atoms with Gasteiger partial charge in [-0.3, -0.25) is 0 Å². The molecule has 2 aromatic carbocycles. The van der Waals surface area contributed by atoms with Crippen LogP contribution >= 0.6 is 0 Å². The summed E-state index contributed by atoms with van der Waals surface area (Å²) >= 11 is 0. The monoisotopic (exact) mass is 325 g/mol. The summed E-state index contributed by atoms with van der Waals surface area (Å²) in [5.74, 6) is 0. The van der Waals surface area contributed by atoms with E-state index in [4.69, 9.17) is 0 Å². The van der Waals surface area contributed by atoms with Crippen molar-refractivity contribution in [3.05, 3.63) is 78.5 Å². The summed E-state index contributed by atoms with van der Waals surface area (Å²) in [5.41, 5.74) is 2.53. The lowest BCUT2D eigenvalue weighted by atomic mass is 10.2. The number of hydrogen-bond acceptors (Lipinski definition) is 2. The second-order valence-electron chi connectivity index (χ2n) is 5.60. The molecule has 0 bridgehead atoms. The molecule has 0 aliphatic heterocycles. The van der Waals surface area contributed by atoms with Crippen molar-refractivity contribution in [1.29, 1.82) is 0 Å². The Morgan fingerprint density at radius 2 is 1.78 bits per heavy atom. The minimum Gasteiger partial charge on any atom is -0.238 e. The summed E-state index contributed by atoms with van der Waals surface area (Å²) in [6.45, 7) is 5.67. The molecule has 0 spiro atoms. The van der Waals surface area contributed by atoms with Gasteiger partial charge in [-0.1, -0.05) is 42.0 Å². The summed E-state index contributed by atoms with van der Waals surface area (Å²) in [7, 11) is -3.62. The molecule has 0 aliphatic carbocycles. The molecule has 0 saturated carbocycles. The molecule has 0 N–H and O–H groups in total. The van der Waals surface area contributed by atoms with Gasteiger partial charge < -0.3 is 0 Å². The van der Waals surface area contributed by atoms with Gasteiger partial charge in [0, 0.05) is 11.1 Å². The molecule has 3 aromatic rings. The fraction of sp³-hybridized carbons (Fsp3) is 0.158. The van der Waals surface area contributed by atoms with Crippen molar-refractivity contribution in [1.82, 2.24) is 3.97 Å². The maximum absolute atomic E-state index is 13.1. The number of nitrogens with zero attached hydrogens (tertiary/aromatic N) is 1. The molecule has 0 atom stereocenters. The van der Waals surface area contributed by atoms with Gasteiger partial charge in [-0.15, -0.1) is 6.58 Å². The second-order valence-corrected chi connectivity index (χ2v) is 7.39. The van der Waals surface area contributed by atoms with Crippen LogP contribution in [0.5, 0.6) is 0 Å². The first kappa shape index (κ1) is 15.6. The molecule has 0 aliphatic rings. The SMILES string of the molecule is C=CCCc1cc2ccccc2n1S(=O)(=O)c1ccc(C)cc1. The Morgan fingerprint density at radius 3 is 2.48 bits per heavy atom. The number of allylic oxidation sites excluding steroid dienone is 1. The van der Waals surface area contributed by atoms with Crippen molar-refractivity contribution >= 4 is 20.9 Å². The Kier molecular flexibility index (Phi) is 4.09. The zero-order valence-electron chi connectivity index (χ0n) is 13.1. The van der Waals surface area contributed by atoms with Crippen LogP contribution < -0.4 is 0 Å². The predicted octanol–water partition coefficient (Wildman–Crippen LogP) is 4.31. The predicted molar refractivity (Wildman–Crippen MR) is 94.2 cm³/mol. The molecular weight excluding hydrogens is 306 g/mol. The normalized spacial score (nSPS) is 11.7. The second kappa shape index (κ2) is 6.05. The van der Waals surface area contributed by atoms with Gasteiger partial charge in [0.1, 0.15) is 0 Å². The molecule has 0 fully saturated rings. The van der Waals surface area contributed by atoms with Crippen LogP contribution in [-0.4, -0.2) is 12.4 Å². The largest absolute Gasteiger partial charge is 0.268 e. The van der Waals surface area contributed by atoms with E-state index < -0.39 is 10.0 Å². The first-order valence-electron chi connectivity index (χ1n) is 7.56. The molecule has 0 amide bonds. The lowest BCUT2D eigenvalue weighted by Gasteiger charge is -2.12. The highest BCUT2D eigenvalue weighted by Gasteiger charge is 2.22. The van der Waals surface area contributed by atoms with Crippen molar-refractivity contribution in [2.24, 2.45) is 0 Å². The number of hydrogen-bond donors (Lipinski definition) is 0. The van der Waals surface area contributed by atoms with E-state index in [1.54, 1.807) is 18.2 Å². The Balaban J connectivity index is 2.24. The molecule has 23 heavy (non-hydrogen) atoms. The Labute approximate surface area is 136 Å². The van der Waals surface area contributed by atoms with Crippen molar-refractivity contribution in [2.75, 3.05) is 0 Å². The third-order valence-electron chi connectivity index (χ3n) is 3.90. The highest BCUT2D eigenvalue weighted by atomic mass is 32.2. The average Bonchev–Trinajstić information content (AvgIpc) is 2.92. The summed E-state index contributed by atoms with van der Waals surface area (Å²) in [4.78, 5) is 0.310. The maximum atomic E-state index is 13.1. The van der Waals surface area contributed by atoms with Crippen LogP contribution in [0.1, 0.15) is 17.7 Å². The van der Waals surface area contributed by atoms with Crippen LogP contribution in [0.25, 0.3) is 10.9 Å². The molecule has 3 nitrogen and oxygen atoms in total. The van der Waals surface area contributed by atoms with Gasteiger partial charge in [-0.25, -0.2) is 12.4 Å². The van der Waals surface area contributed by atoms with Crippen LogP contribution in [0.4, 0.5) is 0 Å². The van der Waals surface area contributed by atoms with E-state index in [2.05, 4.69) is 6.58 Å². The smallest absolute Gasteiger partial charge is 0.238 e. The molecule has 1 heterocycles. The van der Waals surface area contributed by atoms with Crippen LogP contribution in [0.2, 0.25) is 0 Å². The molecule has 4 heteroatoms. The minimum atomic E-state index is -3.62. The number of fused-ring (bicyclic) bond motifs is 1. The number of aromatic nitrogens is 1. The summed E-state index contributed by atoms with van der Waals surface area (Å²) < 4.78 is 27.8. The number of benzene rings is 2. The molecular formula is C19H19NO2S. The first-order chi connectivity index (χ1) is 11.0. The fourth-order valence-corrected chi connectivity index (χ4v) is 4.28. The van der Waals surface area contributed by atoms with Crippen molar-refractivity contribution in [3.63, 3.8) is 0 Å². The highest BCUT2D eigenvalue weighted by Crippen LogP contribution is 2.26. The van der Waals surface area contributed by atoms with E-state index in [1.807, 2.05) is 49.4 Å². The highest BCUT2D eigenvalue weighted by molar-refractivity contribution is 7.90. The van der Waals surface area contributed by atoms with Gasteiger partial charge in [0.15, 0.2) is 0 Å². The molecule has 118 valence electrons. The lowest BCUT2D eigenvalue weighted by Crippen LogP contribution is -2.15. The molecule has 1 aromatic heterocycles. The van der Waals surface area contributed by atoms with Crippen LogP contribution in [0.15, 0.2) is 72.1 Å². The Bertz CT molecular complexity index is 951. The standard InChI is InChI=1S/C19H19NO2S/c1-3-4-8-17-14-16-7-5-6-9-19(16)20(17)23(21,22)18-12-10-15(2)11-13-18/h3,5-7,9-14H,1,4,8H2,2H3. The molecule has 0 saturated heterocycles. The topological polar surface area (TPSA) is 39.1 Å². The van der Waals surface area contributed by atoms with Gasteiger partial charge in [0.25, 0.3) is 10.0 Å². The van der Waals surface area contributed by atoms with Gasteiger partial charge >= 0.3 is 0 Å². The van der Waals surface area contributed by atoms with E-state index in [0.29, 0.717) is 16.8 Å². The van der Waals surface area contributed by atoms with E-state index in [-0.39, 0.29) is 0 Å². The van der Waals surface area contributed by atoms with Crippen LogP contribution in [0, 0.1) is 6.92 Å². The van der Waals surface area contributed by atoms with Crippen molar-refractivity contribution < 1.29 is 8.42 Å². The summed E-state index contributed by atoms with van der Waals surface area (Å²) in [6, 6.07) is 16.5. The van der Waals surface area contributed by atoms with Crippen molar-refractivity contribution in [2.45, 2.75) is 24.7 Å². The number of aryl methyl sites for hydroxylation is 2. The van der Waals surface area contributed by atoms with Gasteiger partial charge in [-0.2, -0.15) is 0 Å². The molecule has 0 unspecified atom stereocenters. The van der Waals surface area contributed by atoms with Gasteiger partial charge in [0.2, 0.25) is 0 Å². The summed E-state index contributed by atoms with van der Waals surface area (Å²) in [5, 5.41) is 0.933. The lowest BCUT2D eigenvalue weighted by molar-refractivity contribution is 0.587. The van der Waals surface area contributed by atoms with E-state index in [1.165, 1.54) is 3.97 Å². The van der Waals surface area contributed by atoms with E-state index >= 15 is 0 Å². The van der Waals surface area contributed by atoms with Crippen LogP contribution in [0.3, 0.4) is 0 Å². The molecule has 0 radical (unpaired) electrons. The minimum absolute atomic E-state index is 0.310. The maximum Gasteiger partial charge on any atom is 0.268 e. The average molecular weight is 325 g/mol. The number of para-hydroxylation sites is 1. The van der Waals surface area contributed by atoms with Crippen LogP contribution in [-0.2, 0) is 16.4 Å². The number of rotatable bonds is 5. The summed E-state index contributed by atoms with van der Waals surface area (Å²) in [6.07, 6.45) is 3.18. The third-order valence-corrected chi connectivity index (χ3v) is 5.68. The zero-order valence-corrected chi connectivity index (χ0v) is 13.9. The van der Waals surface area contributed by atoms with E-state index in [0.717, 1.165) is 23.1 Å². The van der Waals surface area contributed by atoms with Gasteiger partial charge in [0.05, 0.1) is 10.4 Å². The van der Waals surface area contributed by atoms with Gasteiger partial charge in [-0.05, 0) is 44.0 Å². The molecule has 3 rings (SSSR count).